The molecule has 0 bridgehead atoms. The second-order valence-electron chi connectivity index (χ2n) is 4.30. The van der Waals surface area contributed by atoms with Crippen molar-refractivity contribution in [3.05, 3.63) is 36.0 Å². The third kappa shape index (κ3) is 4.80. The van der Waals surface area contributed by atoms with E-state index in [9.17, 15) is 0 Å². The summed E-state index contributed by atoms with van der Waals surface area (Å²) in [5.41, 5.74) is 1.80. The van der Waals surface area contributed by atoms with E-state index >= 15 is 0 Å². The van der Waals surface area contributed by atoms with E-state index in [2.05, 4.69) is 30.8 Å². The number of nitrogens with zero attached hydrogens (tertiary/aromatic N) is 3. The van der Waals surface area contributed by atoms with Crippen LogP contribution in [0.15, 0.2) is 29.0 Å². The van der Waals surface area contributed by atoms with Crippen LogP contribution in [-0.2, 0) is 16.8 Å². The molecule has 10 nitrogen and oxygen atoms in total. The average molecular weight is 326 g/mol. The van der Waals surface area contributed by atoms with E-state index in [-0.39, 0.29) is 0 Å². The Morgan fingerprint density at radius 1 is 1.50 bits per heavy atom. The Morgan fingerprint density at radius 3 is 2.86 bits per heavy atom. The van der Waals surface area contributed by atoms with Crippen molar-refractivity contribution in [3.8, 4) is 0 Å². The number of aromatic amines is 1. The highest BCUT2D eigenvalue weighted by molar-refractivity contribution is 7.83. The number of nitrogens with one attached hydrogen (secondary N) is 2. The third-order valence-electron chi connectivity index (χ3n) is 2.49. The van der Waals surface area contributed by atoms with Gasteiger partial charge in [-0.15, -0.1) is 5.10 Å². The summed E-state index contributed by atoms with van der Waals surface area (Å²) in [7, 11) is -4.17. The lowest BCUT2D eigenvalue weighted by Crippen LogP contribution is -2.08. The van der Waals surface area contributed by atoms with Gasteiger partial charge in [0.25, 0.3) is 0 Å². The smallest absolute Gasteiger partial charge is 0.330 e. The molecule has 0 saturated carbocycles. The molecule has 0 fully saturated rings. The second-order valence-corrected chi connectivity index (χ2v) is 5.33. The zero-order chi connectivity index (χ0) is 16.2. The van der Waals surface area contributed by atoms with Gasteiger partial charge in [0.05, 0.1) is 18.3 Å². The molecule has 0 amide bonds. The fourth-order valence-corrected chi connectivity index (χ4v) is 1.70. The molecule has 11 heteroatoms. The van der Waals surface area contributed by atoms with Crippen LogP contribution >= 0.6 is 0 Å². The molecule has 0 radical (unpaired) electrons. The minimum atomic E-state index is -4.17. The van der Waals surface area contributed by atoms with Crippen LogP contribution in [0.2, 0.25) is 0 Å². The van der Waals surface area contributed by atoms with Gasteiger partial charge in [0, 0.05) is 17.6 Å². The molecule has 3 heterocycles. The standard InChI is InChI=1S/C11H11N5O.H3NO3S/c1-7-4-8(16-17-7)5-13-11-9-2-3-12-10(9)6-14-15-11;1-5(2,3)4/h2-4,6,12H,5H2,1H3,(H,13,15);(H3,1,2,3,4). The number of aryl methyl sites for hydroxylation is 1. The van der Waals surface area contributed by atoms with Crippen molar-refractivity contribution in [1.82, 2.24) is 20.3 Å². The fourth-order valence-electron chi connectivity index (χ4n) is 1.70. The van der Waals surface area contributed by atoms with Crippen molar-refractivity contribution in [2.45, 2.75) is 13.5 Å². The average Bonchev–Trinajstić information content (AvgIpc) is 3.03. The molecule has 118 valence electrons. The number of fused-ring (bicyclic) bond motifs is 1. The lowest BCUT2D eigenvalue weighted by molar-refractivity contribution is 0.391. The zero-order valence-electron chi connectivity index (χ0n) is 11.5. The van der Waals surface area contributed by atoms with Crippen LogP contribution < -0.4 is 10.5 Å². The first-order valence-electron chi connectivity index (χ1n) is 6.03. The molecular weight excluding hydrogens is 312 g/mol. The Bertz CT molecular complexity index is 848. The number of hydrogen-bond donors (Lipinski definition) is 4. The van der Waals surface area contributed by atoms with Gasteiger partial charge in [-0.3, -0.25) is 4.55 Å². The van der Waals surface area contributed by atoms with Crippen LogP contribution in [0.3, 0.4) is 0 Å². The number of hydrogen-bond acceptors (Lipinski definition) is 7. The van der Waals surface area contributed by atoms with E-state index in [1.54, 1.807) is 6.20 Å². The monoisotopic (exact) mass is 326 g/mol. The Morgan fingerprint density at radius 2 is 2.23 bits per heavy atom. The number of rotatable bonds is 3. The second kappa shape index (κ2) is 6.51. The van der Waals surface area contributed by atoms with Gasteiger partial charge in [0.2, 0.25) is 0 Å². The van der Waals surface area contributed by atoms with Crippen molar-refractivity contribution in [3.63, 3.8) is 0 Å². The Kier molecular flexibility index (Phi) is 4.70. The molecule has 0 aromatic carbocycles. The Hall–Kier alpha value is -2.50. The van der Waals surface area contributed by atoms with E-state index in [0.717, 1.165) is 28.2 Å². The summed E-state index contributed by atoms with van der Waals surface area (Å²) in [5, 5.41) is 20.0. The minimum absolute atomic E-state index is 0.566. The molecule has 3 aromatic rings. The molecule has 3 rings (SSSR count). The number of H-pyrrole nitrogens is 1. The summed E-state index contributed by atoms with van der Waals surface area (Å²) in [4.78, 5) is 3.09. The topological polar surface area (TPSA) is 160 Å². The van der Waals surface area contributed by atoms with Crippen LogP contribution in [0, 0.1) is 6.92 Å². The lowest BCUT2D eigenvalue weighted by Gasteiger charge is -2.02. The molecule has 22 heavy (non-hydrogen) atoms. The van der Waals surface area contributed by atoms with Gasteiger partial charge in [-0.2, -0.15) is 13.5 Å². The summed E-state index contributed by atoms with van der Waals surface area (Å²) >= 11 is 0. The van der Waals surface area contributed by atoms with E-state index in [4.69, 9.17) is 17.5 Å². The molecule has 0 aliphatic heterocycles. The van der Waals surface area contributed by atoms with Gasteiger partial charge in [0.15, 0.2) is 5.82 Å². The maximum atomic E-state index is 8.97. The SMILES string of the molecule is Cc1cc(CNc2nncc3[nH]ccc23)no1.NS(=O)(=O)O. The molecule has 3 aromatic heterocycles. The van der Waals surface area contributed by atoms with E-state index in [1.807, 2.05) is 25.3 Å². The van der Waals surface area contributed by atoms with Crippen LogP contribution in [0.1, 0.15) is 11.5 Å². The Labute approximate surface area is 125 Å². The van der Waals surface area contributed by atoms with E-state index < -0.39 is 10.3 Å². The summed E-state index contributed by atoms with van der Waals surface area (Å²) in [5.74, 6) is 1.54. The maximum Gasteiger partial charge on any atom is 0.330 e. The number of anilines is 1. The van der Waals surface area contributed by atoms with Gasteiger partial charge in [-0.05, 0) is 13.0 Å². The molecule has 0 unspecified atom stereocenters. The number of aromatic nitrogens is 4. The van der Waals surface area contributed by atoms with Crippen molar-refractivity contribution in [2.24, 2.45) is 5.14 Å². The minimum Gasteiger partial charge on any atom is -0.362 e. The van der Waals surface area contributed by atoms with Crippen LogP contribution in [0.4, 0.5) is 5.82 Å². The first-order valence-corrected chi connectivity index (χ1v) is 7.53. The lowest BCUT2D eigenvalue weighted by atomic mass is 10.3. The van der Waals surface area contributed by atoms with Gasteiger partial charge >= 0.3 is 10.3 Å². The van der Waals surface area contributed by atoms with E-state index in [1.165, 1.54) is 0 Å². The summed E-state index contributed by atoms with van der Waals surface area (Å²) in [6.07, 6.45) is 3.56. The van der Waals surface area contributed by atoms with Crippen molar-refractivity contribution in [1.29, 1.82) is 0 Å². The Balaban J connectivity index is 0.000000309. The maximum absolute atomic E-state index is 8.97. The molecule has 0 saturated heterocycles. The van der Waals surface area contributed by atoms with Crippen molar-refractivity contribution in [2.75, 3.05) is 5.32 Å². The van der Waals surface area contributed by atoms with Crippen molar-refractivity contribution >= 4 is 27.0 Å². The first-order chi connectivity index (χ1) is 10.3. The van der Waals surface area contributed by atoms with Gasteiger partial charge in [0.1, 0.15) is 11.5 Å². The van der Waals surface area contributed by atoms with E-state index in [0.29, 0.717) is 6.54 Å². The molecule has 0 spiro atoms. The predicted molar refractivity (Wildman–Crippen MR) is 78.2 cm³/mol. The summed E-state index contributed by atoms with van der Waals surface area (Å²) in [6.45, 7) is 2.43. The molecule has 5 N–H and O–H groups in total. The molecule has 0 aliphatic carbocycles. The van der Waals surface area contributed by atoms with Crippen molar-refractivity contribution < 1.29 is 17.5 Å². The quantitative estimate of drug-likeness (QED) is 0.509. The van der Waals surface area contributed by atoms with Crippen LogP contribution in [0.5, 0.6) is 0 Å². The van der Waals surface area contributed by atoms with Gasteiger partial charge in [-0.1, -0.05) is 5.16 Å². The highest BCUT2D eigenvalue weighted by Gasteiger charge is 2.05. The summed E-state index contributed by atoms with van der Waals surface area (Å²) in [6, 6.07) is 3.85. The molecular formula is C11H14N6O4S. The fraction of sp³-hybridized carbons (Fsp3) is 0.182. The summed E-state index contributed by atoms with van der Waals surface area (Å²) < 4.78 is 30.2. The normalized spacial score (nSPS) is 11.0. The molecule has 0 atom stereocenters. The first kappa shape index (κ1) is 15.9. The third-order valence-corrected chi connectivity index (χ3v) is 2.49. The largest absolute Gasteiger partial charge is 0.362 e. The van der Waals surface area contributed by atoms with Crippen LogP contribution in [0.25, 0.3) is 10.9 Å². The number of nitrogens with two attached hydrogens (primary N) is 1. The highest BCUT2D eigenvalue weighted by atomic mass is 32.2. The van der Waals surface area contributed by atoms with Gasteiger partial charge in [-0.25, -0.2) is 5.14 Å². The molecule has 0 aliphatic rings. The zero-order valence-corrected chi connectivity index (χ0v) is 12.3. The predicted octanol–water partition coefficient (Wildman–Crippen LogP) is 0.614. The van der Waals surface area contributed by atoms with Gasteiger partial charge < -0.3 is 14.8 Å². The van der Waals surface area contributed by atoms with Crippen LogP contribution in [-0.4, -0.2) is 33.3 Å². The highest BCUT2D eigenvalue weighted by Crippen LogP contribution is 2.18.